The Balaban J connectivity index is 3.54. The molecule has 0 aliphatic rings. The van der Waals surface area contributed by atoms with Crippen LogP contribution in [-0.2, 0) is 23.1 Å². The first kappa shape index (κ1) is 28.6. The zero-order valence-electron chi connectivity index (χ0n) is 18.1. The Bertz CT molecular complexity index is 546. The molecule has 0 aliphatic carbocycles. The molecular formula is C22H38O7P+. The Hall–Kier alpha value is -1.37. The summed E-state index contributed by atoms with van der Waals surface area (Å²) in [5.74, 6) is -0.400. The lowest BCUT2D eigenvalue weighted by molar-refractivity contribution is -0.147. The standard InChI is InChI=1S/C22H37O7P/c1-3-5-6-7-8-9-10-11-12-13-14-15-16-17-18-22(24)27-19-21(23)20-29-30(25,26)28-4-2/h3-4,7-8,10-11,21,23H,1,5-6,9,12-20H2,2H3/p+1. The summed E-state index contributed by atoms with van der Waals surface area (Å²) in [6.45, 7) is 5.39. The summed E-state index contributed by atoms with van der Waals surface area (Å²) in [6, 6.07) is 0. The number of rotatable bonds is 20. The highest BCUT2D eigenvalue weighted by molar-refractivity contribution is 7.47. The van der Waals surface area contributed by atoms with E-state index in [0.29, 0.717) is 0 Å². The summed E-state index contributed by atoms with van der Waals surface area (Å²) in [4.78, 5) is 20.8. The fourth-order valence-electron chi connectivity index (χ4n) is 2.44. The van der Waals surface area contributed by atoms with E-state index < -0.39 is 26.5 Å². The third-order valence-corrected chi connectivity index (χ3v) is 4.95. The van der Waals surface area contributed by atoms with Gasteiger partial charge in [-0.3, -0.25) is 9.32 Å². The van der Waals surface area contributed by atoms with E-state index in [2.05, 4.69) is 39.9 Å². The van der Waals surface area contributed by atoms with Crippen molar-refractivity contribution >= 4 is 13.8 Å². The lowest BCUT2D eigenvalue weighted by atomic mass is 10.1. The molecule has 0 saturated carbocycles. The molecule has 2 atom stereocenters. The minimum atomic E-state index is -4.21. The summed E-state index contributed by atoms with van der Waals surface area (Å²) in [6.07, 6.45) is 18.9. The molecule has 8 heteroatoms. The number of hydrogen-bond donors (Lipinski definition) is 2. The summed E-state index contributed by atoms with van der Waals surface area (Å²) >= 11 is 0. The highest BCUT2D eigenvalue weighted by atomic mass is 31.2. The van der Waals surface area contributed by atoms with Crippen LogP contribution in [0.3, 0.4) is 0 Å². The zero-order chi connectivity index (χ0) is 22.5. The van der Waals surface area contributed by atoms with E-state index in [1.807, 2.05) is 6.08 Å². The van der Waals surface area contributed by atoms with Gasteiger partial charge in [-0.25, -0.2) is 4.57 Å². The Morgan fingerprint density at radius 1 is 1.03 bits per heavy atom. The summed E-state index contributed by atoms with van der Waals surface area (Å²) in [5.41, 5.74) is 0. The number of aliphatic hydroxyl groups excluding tert-OH is 1. The minimum absolute atomic E-state index is 0.287. The normalized spacial score (nSPS) is 14.6. The Labute approximate surface area is 181 Å². The maximum absolute atomic E-state index is 11.6. The summed E-state index contributed by atoms with van der Waals surface area (Å²) in [5, 5.41) is 9.61. The minimum Gasteiger partial charge on any atom is -0.463 e. The Morgan fingerprint density at radius 2 is 1.70 bits per heavy atom. The van der Waals surface area contributed by atoms with Crippen molar-refractivity contribution in [2.45, 2.75) is 77.2 Å². The number of phosphoric acid groups is 1. The number of esters is 1. The van der Waals surface area contributed by atoms with Crippen molar-refractivity contribution in [1.82, 2.24) is 0 Å². The zero-order valence-corrected chi connectivity index (χ0v) is 19.0. The van der Waals surface area contributed by atoms with Gasteiger partial charge in [0.15, 0.2) is 0 Å². The van der Waals surface area contributed by atoms with Crippen LogP contribution in [-0.4, -0.2) is 35.3 Å². The monoisotopic (exact) mass is 445 g/mol. The van der Waals surface area contributed by atoms with Crippen molar-refractivity contribution in [3.63, 3.8) is 0 Å². The van der Waals surface area contributed by atoms with E-state index >= 15 is 0 Å². The Kier molecular flexibility index (Phi) is 18.7. The molecule has 0 aliphatic heterocycles. The van der Waals surface area contributed by atoms with Gasteiger partial charge in [-0.2, -0.15) is 0 Å². The average molecular weight is 446 g/mol. The van der Waals surface area contributed by atoms with Gasteiger partial charge in [0.25, 0.3) is 0 Å². The van der Waals surface area contributed by atoms with Crippen LogP contribution in [0, 0.1) is 6.61 Å². The molecule has 7 nitrogen and oxygen atoms in total. The maximum atomic E-state index is 11.6. The third-order valence-electron chi connectivity index (χ3n) is 4.00. The predicted octanol–water partition coefficient (Wildman–Crippen LogP) is 5.41. The molecular weight excluding hydrogens is 407 g/mol. The van der Waals surface area contributed by atoms with Gasteiger partial charge in [0.2, 0.25) is 6.61 Å². The molecule has 0 heterocycles. The van der Waals surface area contributed by atoms with E-state index in [9.17, 15) is 19.4 Å². The van der Waals surface area contributed by atoms with Gasteiger partial charge in [-0.15, -0.1) is 6.58 Å². The lowest BCUT2D eigenvalue weighted by Gasteiger charge is -2.12. The largest absolute Gasteiger partial charge is 0.512 e. The smallest absolute Gasteiger partial charge is 0.463 e. The fourth-order valence-corrected chi connectivity index (χ4v) is 3.12. The SMILES string of the molecule is C=CCCC=CCC=CCCCCCCCC(=O)OCC(O)COP(=O)(O)O[CH+]C. The van der Waals surface area contributed by atoms with Crippen LogP contribution in [0.15, 0.2) is 37.0 Å². The molecule has 0 aromatic rings. The number of carbonyl (C=O) groups excluding carboxylic acids is 1. The number of unbranched alkanes of at least 4 members (excludes halogenated alkanes) is 6. The number of carbonyl (C=O) groups is 1. The Morgan fingerprint density at radius 3 is 2.40 bits per heavy atom. The molecule has 30 heavy (non-hydrogen) atoms. The van der Waals surface area contributed by atoms with Gasteiger partial charge >= 0.3 is 13.8 Å². The molecule has 172 valence electrons. The summed E-state index contributed by atoms with van der Waals surface area (Å²) in [7, 11) is -4.21. The van der Waals surface area contributed by atoms with Crippen molar-refractivity contribution in [1.29, 1.82) is 0 Å². The molecule has 0 bridgehead atoms. The number of ether oxygens (including phenoxy) is 1. The second-order valence-electron chi connectivity index (χ2n) is 6.79. The van der Waals surface area contributed by atoms with Crippen LogP contribution in [0.1, 0.15) is 71.1 Å². The molecule has 0 fully saturated rings. The van der Waals surface area contributed by atoms with Gasteiger partial charge in [0.05, 0.1) is 6.61 Å². The highest BCUT2D eigenvalue weighted by Crippen LogP contribution is 2.43. The van der Waals surface area contributed by atoms with E-state index in [4.69, 9.17) is 4.74 Å². The molecule has 2 N–H and O–H groups in total. The third kappa shape index (κ3) is 19.9. The van der Waals surface area contributed by atoms with E-state index in [0.717, 1.165) is 64.4 Å². The number of aliphatic hydroxyl groups is 1. The van der Waals surface area contributed by atoms with E-state index in [1.54, 1.807) is 0 Å². The summed E-state index contributed by atoms with van der Waals surface area (Å²) < 4.78 is 25.1. The van der Waals surface area contributed by atoms with Crippen LogP contribution in [0.4, 0.5) is 0 Å². The second kappa shape index (κ2) is 19.6. The molecule has 0 saturated heterocycles. The van der Waals surface area contributed by atoms with Crippen molar-refractivity contribution in [2.24, 2.45) is 0 Å². The quantitative estimate of drug-likeness (QED) is 0.0850. The molecule has 0 amide bonds. The molecule has 0 spiro atoms. The van der Waals surface area contributed by atoms with Crippen LogP contribution >= 0.6 is 7.82 Å². The van der Waals surface area contributed by atoms with Crippen LogP contribution in [0.25, 0.3) is 0 Å². The van der Waals surface area contributed by atoms with Crippen molar-refractivity contribution in [3.05, 3.63) is 43.6 Å². The lowest BCUT2D eigenvalue weighted by Crippen LogP contribution is -2.23. The topological polar surface area (TPSA) is 102 Å². The van der Waals surface area contributed by atoms with Crippen LogP contribution in [0.2, 0.25) is 0 Å². The van der Waals surface area contributed by atoms with Gasteiger partial charge in [-0.1, -0.05) is 54.2 Å². The maximum Gasteiger partial charge on any atom is 0.512 e. The van der Waals surface area contributed by atoms with Crippen molar-refractivity contribution in [2.75, 3.05) is 13.2 Å². The van der Waals surface area contributed by atoms with Gasteiger partial charge < -0.3 is 14.7 Å². The van der Waals surface area contributed by atoms with Crippen LogP contribution in [0.5, 0.6) is 0 Å². The van der Waals surface area contributed by atoms with Crippen LogP contribution < -0.4 is 0 Å². The van der Waals surface area contributed by atoms with E-state index in [-0.39, 0.29) is 13.0 Å². The van der Waals surface area contributed by atoms with Crippen molar-refractivity contribution < 1.29 is 33.1 Å². The van der Waals surface area contributed by atoms with Gasteiger partial charge in [0, 0.05) is 6.42 Å². The predicted molar refractivity (Wildman–Crippen MR) is 118 cm³/mol. The molecule has 0 aromatic heterocycles. The number of phosphoric ester groups is 1. The van der Waals surface area contributed by atoms with Gasteiger partial charge in [0.1, 0.15) is 19.6 Å². The average Bonchev–Trinajstić information content (AvgIpc) is 2.71. The first-order valence-corrected chi connectivity index (χ1v) is 12.1. The number of hydrogen-bond acceptors (Lipinski definition) is 6. The molecule has 0 aromatic carbocycles. The molecule has 0 rings (SSSR count). The first-order chi connectivity index (χ1) is 14.4. The first-order valence-electron chi connectivity index (χ1n) is 10.6. The fraction of sp³-hybridized carbons (Fsp3) is 0.636. The second-order valence-corrected chi connectivity index (χ2v) is 8.20. The highest BCUT2D eigenvalue weighted by Gasteiger charge is 2.27. The van der Waals surface area contributed by atoms with E-state index in [1.165, 1.54) is 6.92 Å². The van der Waals surface area contributed by atoms with Crippen molar-refractivity contribution in [3.8, 4) is 0 Å². The number of allylic oxidation sites excluding steroid dienone is 5. The molecule has 2 unspecified atom stereocenters. The molecule has 0 radical (unpaired) electrons. The van der Waals surface area contributed by atoms with Gasteiger partial charge in [-0.05, 0) is 38.5 Å².